The van der Waals surface area contributed by atoms with Gasteiger partial charge in [0.2, 0.25) is 5.92 Å². The molecule has 116 valence electrons. The predicted molar refractivity (Wildman–Crippen MR) is 76.8 cm³/mol. The van der Waals surface area contributed by atoms with Gasteiger partial charge in [-0.15, -0.1) is 0 Å². The first-order valence-electron chi connectivity index (χ1n) is 6.52. The number of hydrogen-bond acceptors (Lipinski definition) is 6. The van der Waals surface area contributed by atoms with Crippen molar-refractivity contribution in [2.75, 3.05) is 0 Å². The molecule has 0 N–H and O–H groups in total. The van der Waals surface area contributed by atoms with Crippen molar-refractivity contribution in [2.24, 2.45) is 5.92 Å². The number of nitriles is 1. The zero-order valence-electron chi connectivity index (χ0n) is 12.5. The van der Waals surface area contributed by atoms with Gasteiger partial charge < -0.3 is 4.74 Å². The molecule has 1 aromatic carbocycles. The van der Waals surface area contributed by atoms with Crippen LogP contribution < -0.4 is 0 Å². The highest BCUT2D eigenvalue weighted by atomic mass is 16.6. The van der Waals surface area contributed by atoms with Crippen molar-refractivity contribution in [1.29, 1.82) is 5.26 Å². The standard InChI is InChI=1S/C15H16N2O5/c1-15(2,3)22-14(19)12(9-16)13(18)8-10-5-4-6-11(7-10)17(20)21/h4-7,12H,8H2,1-3H3. The number of nitrogens with zero attached hydrogens (tertiary/aromatic N) is 2. The van der Waals surface area contributed by atoms with E-state index in [1.54, 1.807) is 26.8 Å². The van der Waals surface area contributed by atoms with Crippen LogP contribution in [0.4, 0.5) is 5.69 Å². The summed E-state index contributed by atoms with van der Waals surface area (Å²) >= 11 is 0. The van der Waals surface area contributed by atoms with Gasteiger partial charge in [-0.2, -0.15) is 5.26 Å². The lowest BCUT2D eigenvalue weighted by molar-refractivity contribution is -0.384. The molecule has 1 atom stereocenters. The second-order valence-corrected chi connectivity index (χ2v) is 5.67. The minimum absolute atomic E-state index is 0.156. The monoisotopic (exact) mass is 304 g/mol. The average molecular weight is 304 g/mol. The average Bonchev–Trinajstić information content (AvgIpc) is 2.37. The van der Waals surface area contributed by atoms with Crippen LogP contribution in [-0.2, 0) is 20.7 Å². The maximum atomic E-state index is 12.1. The molecule has 0 bridgehead atoms. The first kappa shape index (κ1) is 17.3. The van der Waals surface area contributed by atoms with Crippen LogP contribution in [0.15, 0.2) is 24.3 Å². The molecule has 7 heteroatoms. The predicted octanol–water partition coefficient (Wildman–Crippen LogP) is 2.19. The number of carbonyl (C=O) groups is 2. The third kappa shape index (κ3) is 4.98. The number of rotatable bonds is 5. The van der Waals surface area contributed by atoms with Crippen LogP contribution in [0.3, 0.4) is 0 Å². The van der Waals surface area contributed by atoms with Gasteiger partial charge in [-0.25, -0.2) is 0 Å². The molecule has 0 aliphatic rings. The molecular formula is C15H16N2O5. The van der Waals surface area contributed by atoms with Crippen molar-refractivity contribution >= 4 is 17.4 Å². The Morgan fingerprint density at radius 1 is 1.41 bits per heavy atom. The van der Waals surface area contributed by atoms with Crippen molar-refractivity contribution in [3.63, 3.8) is 0 Å². The molecule has 0 saturated heterocycles. The van der Waals surface area contributed by atoms with Crippen molar-refractivity contribution < 1.29 is 19.2 Å². The van der Waals surface area contributed by atoms with E-state index in [9.17, 15) is 19.7 Å². The maximum Gasteiger partial charge on any atom is 0.331 e. The summed E-state index contributed by atoms with van der Waals surface area (Å²) in [7, 11) is 0. The van der Waals surface area contributed by atoms with Gasteiger partial charge in [0.25, 0.3) is 5.69 Å². The van der Waals surface area contributed by atoms with Crippen LogP contribution in [0.5, 0.6) is 0 Å². The summed E-state index contributed by atoms with van der Waals surface area (Å²) in [6, 6.07) is 7.12. The number of esters is 1. The van der Waals surface area contributed by atoms with E-state index in [1.807, 2.05) is 0 Å². The van der Waals surface area contributed by atoms with Crippen LogP contribution in [0.25, 0.3) is 0 Å². The largest absolute Gasteiger partial charge is 0.459 e. The number of Topliss-reactive ketones (excluding diaryl/α,β-unsaturated/α-hetero) is 1. The first-order chi connectivity index (χ1) is 10.1. The molecule has 0 saturated carbocycles. The molecule has 1 rings (SSSR count). The van der Waals surface area contributed by atoms with Gasteiger partial charge in [-0.05, 0) is 26.3 Å². The Morgan fingerprint density at radius 3 is 2.55 bits per heavy atom. The molecule has 0 fully saturated rings. The molecule has 1 unspecified atom stereocenters. The topological polar surface area (TPSA) is 110 Å². The molecule has 0 aromatic heterocycles. The second kappa shape index (κ2) is 6.80. The minimum atomic E-state index is -1.54. The Labute approximate surface area is 127 Å². The summed E-state index contributed by atoms with van der Waals surface area (Å²) in [6.45, 7) is 4.89. The van der Waals surface area contributed by atoms with Crippen LogP contribution in [0, 0.1) is 27.4 Å². The molecule has 0 aliphatic carbocycles. The number of carbonyl (C=O) groups excluding carboxylic acids is 2. The third-order valence-electron chi connectivity index (χ3n) is 2.59. The fourth-order valence-electron chi connectivity index (χ4n) is 1.70. The highest BCUT2D eigenvalue weighted by molar-refractivity contribution is 6.02. The Hall–Kier alpha value is -2.75. The fraction of sp³-hybridized carbons (Fsp3) is 0.400. The SMILES string of the molecule is CC(C)(C)OC(=O)C(C#N)C(=O)Cc1cccc([N+](=O)[O-])c1. The second-order valence-electron chi connectivity index (χ2n) is 5.67. The van der Waals surface area contributed by atoms with Crippen LogP contribution in [0.2, 0.25) is 0 Å². The number of nitro benzene ring substituents is 1. The van der Waals surface area contributed by atoms with Gasteiger partial charge in [-0.3, -0.25) is 19.7 Å². The minimum Gasteiger partial charge on any atom is -0.459 e. The fourth-order valence-corrected chi connectivity index (χ4v) is 1.70. The van der Waals surface area contributed by atoms with Crippen LogP contribution in [0.1, 0.15) is 26.3 Å². The highest BCUT2D eigenvalue weighted by Crippen LogP contribution is 2.17. The van der Waals surface area contributed by atoms with Crippen molar-refractivity contribution in [3.8, 4) is 6.07 Å². The molecule has 0 radical (unpaired) electrons. The van der Waals surface area contributed by atoms with E-state index in [0.29, 0.717) is 5.56 Å². The maximum absolute atomic E-state index is 12.1. The molecule has 0 heterocycles. The number of hydrogen-bond donors (Lipinski definition) is 0. The number of nitro groups is 1. The number of non-ortho nitro benzene ring substituents is 1. The molecule has 0 aliphatic heterocycles. The highest BCUT2D eigenvalue weighted by Gasteiger charge is 2.31. The lowest BCUT2D eigenvalue weighted by Crippen LogP contribution is -2.32. The molecule has 7 nitrogen and oxygen atoms in total. The number of ketones is 1. The van der Waals surface area contributed by atoms with Crippen molar-refractivity contribution in [3.05, 3.63) is 39.9 Å². The molecule has 0 spiro atoms. The molecule has 22 heavy (non-hydrogen) atoms. The van der Waals surface area contributed by atoms with Crippen molar-refractivity contribution in [1.82, 2.24) is 0 Å². The summed E-state index contributed by atoms with van der Waals surface area (Å²) in [5.74, 6) is -3.11. The van der Waals surface area contributed by atoms with E-state index >= 15 is 0 Å². The van der Waals surface area contributed by atoms with Crippen LogP contribution in [-0.4, -0.2) is 22.3 Å². The van der Waals surface area contributed by atoms with Crippen molar-refractivity contribution in [2.45, 2.75) is 32.8 Å². The summed E-state index contributed by atoms with van der Waals surface area (Å²) in [5.41, 5.74) is -0.600. The van der Waals surface area contributed by atoms with Gasteiger partial charge in [0.15, 0.2) is 5.78 Å². The first-order valence-corrected chi connectivity index (χ1v) is 6.52. The summed E-state index contributed by atoms with van der Waals surface area (Å²) in [5, 5.41) is 19.7. The smallest absolute Gasteiger partial charge is 0.331 e. The van der Waals surface area contributed by atoms with Gasteiger partial charge >= 0.3 is 5.97 Å². The summed E-state index contributed by atoms with van der Waals surface area (Å²) in [4.78, 5) is 34.0. The van der Waals surface area contributed by atoms with Gasteiger partial charge in [-0.1, -0.05) is 12.1 Å². The lowest BCUT2D eigenvalue weighted by atomic mass is 9.98. The number of benzene rings is 1. The van der Waals surface area contributed by atoms with E-state index in [-0.39, 0.29) is 12.1 Å². The van der Waals surface area contributed by atoms with E-state index in [2.05, 4.69) is 0 Å². The Balaban J connectivity index is 2.86. The quantitative estimate of drug-likeness (QED) is 0.357. The molecular weight excluding hydrogens is 288 g/mol. The lowest BCUT2D eigenvalue weighted by Gasteiger charge is -2.20. The third-order valence-corrected chi connectivity index (χ3v) is 2.59. The van der Waals surface area contributed by atoms with E-state index in [0.717, 1.165) is 0 Å². The Morgan fingerprint density at radius 2 is 2.05 bits per heavy atom. The number of ether oxygens (including phenoxy) is 1. The summed E-state index contributed by atoms with van der Waals surface area (Å²) in [6.07, 6.45) is -0.251. The van der Waals surface area contributed by atoms with Gasteiger partial charge in [0.1, 0.15) is 5.60 Å². The zero-order valence-corrected chi connectivity index (χ0v) is 12.5. The van der Waals surface area contributed by atoms with Gasteiger partial charge in [0, 0.05) is 18.6 Å². The normalized spacial score (nSPS) is 12.1. The van der Waals surface area contributed by atoms with E-state index in [4.69, 9.17) is 10.00 Å². The Kier molecular flexibility index (Phi) is 5.35. The molecule has 1 aromatic rings. The zero-order chi connectivity index (χ0) is 16.9. The van der Waals surface area contributed by atoms with E-state index in [1.165, 1.54) is 24.3 Å². The Bertz CT molecular complexity index is 640. The summed E-state index contributed by atoms with van der Waals surface area (Å²) < 4.78 is 5.02. The molecule has 0 amide bonds. The van der Waals surface area contributed by atoms with Crippen LogP contribution >= 0.6 is 0 Å². The van der Waals surface area contributed by atoms with Gasteiger partial charge in [0.05, 0.1) is 11.0 Å². The van der Waals surface area contributed by atoms with E-state index < -0.39 is 28.2 Å².